The number of carbonyl (C=O) groups is 1. The lowest BCUT2D eigenvalue weighted by Gasteiger charge is -2.13. The highest BCUT2D eigenvalue weighted by Crippen LogP contribution is 2.26. The van der Waals surface area contributed by atoms with Crippen molar-refractivity contribution < 1.29 is 14.3 Å². The van der Waals surface area contributed by atoms with E-state index in [1.54, 1.807) is 38.5 Å². The molecule has 102 valence electrons. The fourth-order valence-electron chi connectivity index (χ4n) is 2.37. The van der Waals surface area contributed by atoms with Gasteiger partial charge in [-0.2, -0.15) is 0 Å². The topological polar surface area (TPSA) is 35.5 Å². The smallest absolute Gasteiger partial charge is 0.186 e. The lowest BCUT2D eigenvalue weighted by atomic mass is 9.93. The lowest BCUT2D eigenvalue weighted by molar-refractivity contribution is 0.104. The van der Waals surface area contributed by atoms with Crippen molar-refractivity contribution in [2.75, 3.05) is 14.2 Å². The van der Waals surface area contributed by atoms with E-state index in [1.165, 1.54) is 24.8 Å². The Kier molecular flexibility index (Phi) is 4.61. The van der Waals surface area contributed by atoms with E-state index in [-0.39, 0.29) is 5.78 Å². The fraction of sp³-hybridized carbons (Fsp3) is 0.438. The van der Waals surface area contributed by atoms with Gasteiger partial charge in [0.25, 0.3) is 0 Å². The van der Waals surface area contributed by atoms with E-state index in [1.807, 2.05) is 0 Å². The van der Waals surface area contributed by atoms with Crippen LogP contribution in [0.25, 0.3) is 0 Å². The Morgan fingerprint density at radius 1 is 1.00 bits per heavy atom. The first kappa shape index (κ1) is 13.7. The van der Waals surface area contributed by atoms with Crippen molar-refractivity contribution >= 4 is 5.78 Å². The number of rotatable bonds is 4. The van der Waals surface area contributed by atoms with Crippen LogP contribution in [0.4, 0.5) is 0 Å². The van der Waals surface area contributed by atoms with Crippen LogP contribution in [0.2, 0.25) is 0 Å². The lowest BCUT2D eigenvalue weighted by Crippen LogP contribution is -2.01. The first-order valence-electron chi connectivity index (χ1n) is 6.70. The zero-order chi connectivity index (χ0) is 13.7. The Balaban J connectivity index is 2.22. The van der Waals surface area contributed by atoms with Crippen LogP contribution < -0.4 is 9.47 Å². The van der Waals surface area contributed by atoms with Crippen molar-refractivity contribution in [1.29, 1.82) is 0 Å². The molecular formula is C16H20O3. The van der Waals surface area contributed by atoms with Crippen molar-refractivity contribution in [2.24, 2.45) is 0 Å². The summed E-state index contributed by atoms with van der Waals surface area (Å²) in [4.78, 5) is 12.3. The molecule has 1 aliphatic rings. The molecule has 0 radical (unpaired) electrons. The Morgan fingerprint density at radius 2 is 1.58 bits per heavy atom. The highest BCUT2D eigenvalue weighted by Gasteiger charge is 2.11. The molecule has 0 amide bonds. The molecule has 0 spiro atoms. The minimum absolute atomic E-state index is 0.0362. The molecule has 0 atom stereocenters. The number of allylic oxidation sites excluding steroid dienone is 2. The van der Waals surface area contributed by atoms with Crippen LogP contribution in [0.3, 0.4) is 0 Å². The maximum Gasteiger partial charge on any atom is 0.186 e. The predicted molar refractivity (Wildman–Crippen MR) is 75.0 cm³/mol. The van der Waals surface area contributed by atoms with Gasteiger partial charge < -0.3 is 9.47 Å². The van der Waals surface area contributed by atoms with Crippen molar-refractivity contribution in [2.45, 2.75) is 32.1 Å². The molecule has 0 saturated heterocycles. The molecule has 0 bridgehead atoms. The Hall–Kier alpha value is -1.77. The summed E-state index contributed by atoms with van der Waals surface area (Å²) in [6.07, 6.45) is 7.55. The summed E-state index contributed by atoms with van der Waals surface area (Å²) in [7, 11) is 3.17. The Labute approximate surface area is 114 Å². The summed E-state index contributed by atoms with van der Waals surface area (Å²) in [6, 6.07) is 5.28. The van der Waals surface area contributed by atoms with Crippen LogP contribution in [0.5, 0.6) is 11.5 Å². The van der Waals surface area contributed by atoms with E-state index in [0.29, 0.717) is 17.1 Å². The zero-order valence-electron chi connectivity index (χ0n) is 11.6. The van der Waals surface area contributed by atoms with Crippen molar-refractivity contribution in [3.05, 3.63) is 35.4 Å². The first-order chi connectivity index (χ1) is 9.22. The molecule has 3 nitrogen and oxygen atoms in total. The fourth-order valence-corrected chi connectivity index (χ4v) is 2.37. The molecule has 1 aromatic carbocycles. The van der Waals surface area contributed by atoms with E-state index in [2.05, 4.69) is 0 Å². The number of ketones is 1. The minimum atomic E-state index is 0.0362. The molecule has 0 aromatic heterocycles. The second-order valence-electron chi connectivity index (χ2n) is 4.83. The predicted octanol–water partition coefficient (Wildman–Crippen LogP) is 3.78. The van der Waals surface area contributed by atoms with Gasteiger partial charge in [0.1, 0.15) is 11.5 Å². The third-order valence-corrected chi connectivity index (χ3v) is 3.47. The summed E-state index contributed by atoms with van der Waals surface area (Å²) in [5.41, 5.74) is 1.88. The number of hydrogen-bond donors (Lipinski definition) is 0. The summed E-state index contributed by atoms with van der Waals surface area (Å²) < 4.78 is 10.4. The van der Waals surface area contributed by atoms with Crippen molar-refractivity contribution in [1.82, 2.24) is 0 Å². The zero-order valence-corrected chi connectivity index (χ0v) is 11.6. The van der Waals surface area contributed by atoms with Crippen LogP contribution in [0, 0.1) is 0 Å². The second-order valence-corrected chi connectivity index (χ2v) is 4.83. The number of methoxy groups -OCH3 is 2. The van der Waals surface area contributed by atoms with Gasteiger partial charge in [-0.3, -0.25) is 4.79 Å². The Bertz CT molecular complexity index is 459. The molecule has 1 aromatic rings. The molecule has 1 saturated carbocycles. The van der Waals surface area contributed by atoms with Crippen molar-refractivity contribution in [3.63, 3.8) is 0 Å². The minimum Gasteiger partial charge on any atom is -0.497 e. The van der Waals surface area contributed by atoms with Gasteiger partial charge in [-0.05, 0) is 43.9 Å². The van der Waals surface area contributed by atoms with Crippen molar-refractivity contribution in [3.8, 4) is 11.5 Å². The highest BCUT2D eigenvalue weighted by molar-refractivity contribution is 6.05. The van der Waals surface area contributed by atoms with Gasteiger partial charge in [0.2, 0.25) is 0 Å². The molecule has 0 unspecified atom stereocenters. The number of carbonyl (C=O) groups excluding carboxylic acids is 1. The average molecular weight is 260 g/mol. The van der Waals surface area contributed by atoms with Gasteiger partial charge in [-0.15, -0.1) is 0 Å². The van der Waals surface area contributed by atoms with E-state index < -0.39 is 0 Å². The van der Waals surface area contributed by atoms with Crippen LogP contribution in [0.15, 0.2) is 29.8 Å². The summed E-state index contributed by atoms with van der Waals surface area (Å²) >= 11 is 0. The number of hydrogen-bond acceptors (Lipinski definition) is 3. The standard InChI is InChI=1S/C16H20O3/c1-18-14-9-13(10-15(11-14)19-2)16(17)8-12-6-4-3-5-7-12/h8-11H,3-7H2,1-2H3. The molecule has 3 heteroatoms. The average Bonchev–Trinajstić information content (AvgIpc) is 2.47. The van der Waals surface area contributed by atoms with E-state index in [0.717, 1.165) is 12.8 Å². The molecule has 0 aliphatic heterocycles. The van der Waals surface area contributed by atoms with E-state index in [4.69, 9.17) is 9.47 Å². The van der Waals surface area contributed by atoms with Gasteiger partial charge in [0.05, 0.1) is 14.2 Å². The summed E-state index contributed by atoms with van der Waals surface area (Å²) in [6.45, 7) is 0. The molecule has 0 heterocycles. The third kappa shape index (κ3) is 3.60. The summed E-state index contributed by atoms with van der Waals surface area (Å²) in [5.74, 6) is 1.32. The number of ether oxygens (including phenoxy) is 2. The Morgan fingerprint density at radius 3 is 2.11 bits per heavy atom. The molecule has 19 heavy (non-hydrogen) atoms. The maximum absolute atomic E-state index is 12.3. The van der Waals surface area contributed by atoms with Gasteiger partial charge in [0.15, 0.2) is 5.78 Å². The largest absolute Gasteiger partial charge is 0.497 e. The third-order valence-electron chi connectivity index (χ3n) is 3.47. The molecule has 2 rings (SSSR count). The second kappa shape index (κ2) is 6.41. The monoisotopic (exact) mass is 260 g/mol. The van der Waals surface area contributed by atoms with Gasteiger partial charge in [-0.1, -0.05) is 12.0 Å². The first-order valence-corrected chi connectivity index (χ1v) is 6.70. The summed E-state index contributed by atoms with van der Waals surface area (Å²) in [5, 5.41) is 0. The molecular weight excluding hydrogens is 240 g/mol. The van der Waals surface area contributed by atoms with E-state index >= 15 is 0 Å². The van der Waals surface area contributed by atoms with Crippen LogP contribution in [-0.2, 0) is 0 Å². The van der Waals surface area contributed by atoms with E-state index in [9.17, 15) is 4.79 Å². The molecule has 1 fully saturated rings. The maximum atomic E-state index is 12.3. The van der Waals surface area contributed by atoms with Crippen LogP contribution in [0.1, 0.15) is 42.5 Å². The van der Waals surface area contributed by atoms with Gasteiger partial charge in [-0.25, -0.2) is 0 Å². The quantitative estimate of drug-likeness (QED) is 0.610. The SMILES string of the molecule is COc1cc(OC)cc(C(=O)C=C2CCCCC2)c1. The number of benzene rings is 1. The van der Waals surface area contributed by atoms with Gasteiger partial charge >= 0.3 is 0 Å². The molecule has 1 aliphatic carbocycles. The van der Waals surface area contributed by atoms with Gasteiger partial charge in [0, 0.05) is 11.6 Å². The van der Waals surface area contributed by atoms with Crippen LogP contribution in [-0.4, -0.2) is 20.0 Å². The van der Waals surface area contributed by atoms with Crippen LogP contribution >= 0.6 is 0 Å². The normalized spacial score (nSPS) is 14.9. The molecule has 0 N–H and O–H groups in total. The highest BCUT2D eigenvalue weighted by atomic mass is 16.5.